The summed E-state index contributed by atoms with van der Waals surface area (Å²) in [5, 5.41) is 0. The molecule has 94 valence electrons. The fraction of sp³-hybridized carbons (Fsp3) is 0.600. The third-order valence-corrected chi connectivity index (χ3v) is 3.67. The van der Waals surface area contributed by atoms with Crippen LogP contribution >= 0.6 is 0 Å². The molecule has 2 atom stereocenters. The van der Waals surface area contributed by atoms with Gasteiger partial charge in [0.1, 0.15) is 0 Å². The molecule has 2 unspecified atom stereocenters. The number of nitrogens with two attached hydrogens (primary N) is 1. The summed E-state index contributed by atoms with van der Waals surface area (Å²) in [5.74, 6) is 0.827. The van der Waals surface area contributed by atoms with Gasteiger partial charge in [0.15, 0.2) is 0 Å². The van der Waals surface area contributed by atoms with Crippen molar-refractivity contribution in [3.8, 4) is 0 Å². The highest BCUT2D eigenvalue weighted by molar-refractivity contribution is 5.25. The molecule has 2 nitrogen and oxygen atoms in total. The zero-order valence-corrected chi connectivity index (χ0v) is 11.0. The minimum absolute atomic E-state index is 0.153. The van der Waals surface area contributed by atoms with Gasteiger partial charge >= 0.3 is 0 Å². The number of aryl methyl sites for hydroxylation is 1. The molecule has 2 rings (SSSR count). The van der Waals surface area contributed by atoms with Gasteiger partial charge in [-0.15, -0.1) is 0 Å². The highest BCUT2D eigenvalue weighted by Gasteiger charge is 2.18. The van der Waals surface area contributed by atoms with Crippen molar-refractivity contribution in [1.29, 1.82) is 0 Å². The summed E-state index contributed by atoms with van der Waals surface area (Å²) in [4.78, 5) is 2.52. The van der Waals surface area contributed by atoms with E-state index in [0.717, 1.165) is 12.5 Å². The monoisotopic (exact) mass is 232 g/mol. The lowest BCUT2D eigenvalue weighted by molar-refractivity contribution is 0.174. The Hall–Kier alpha value is -0.860. The van der Waals surface area contributed by atoms with Gasteiger partial charge in [-0.25, -0.2) is 0 Å². The predicted octanol–water partition coefficient (Wildman–Crippen LogP) is 2.73. The molecule has 2 heteroatoms. The van der Waals surface area contributed by atoms with Gasteiger partial charge in [-0.2, -0.15) is 0 Å². The first-order valence-electron chi connectivity index (χ1n) is 6.69. The smallest absolute Gasteiger partial charge is 0.0424 e. The Bertz CT molecular complexity index is 362. The van der Waals surface area contributed by atoms with Crippen molar-refractivity contribution in [2.45, 2.75) is 32.7 Å². The van der Waals surface area contributed by atoms with E-state index in [-0.39, 0.29) is 6.04 Å². The third-order valence-electron chi connectivity index (χ3n) is 3.67. The van der Waals surface area contributed by atoms with Crippen molar-refractivity contribution < 1.29 is 0 Å². The van der Waals surface area contributed by atoms with Crippen molar-refractivity contribution in [3.63, 3.8) is 0 Å². The van der Waals surface area contributed by atoms with Gasteiger partial charge in [0, 0.05) is 19.1 Å². The van der Waals surface area contributed by atoms with Crippen LogP contribution in [0.2, 0.25) is 0 Å². The second-order valence-electron chi connectivity index (χ2n) is 5.53. The van der Waals surface area contributed by atoms with E-state index in [0.29, 0.717) is 0 Å². The van der Waals surface area contributed by atoms with Gasteiger partial charge in [-0.05, 0) is 37.8 Å². The fourth-order valence-electron chi connectivity index (χ4n) is 2.74. The van der Waals surface area contributed by atoms with E-state index in [1.54, 1.807) is 0 Å². The Kier molecular flexibility index (Phi) is 4.19. The van der Waals surface area contributed by atoms with E-state index in [2.05, 4.69) is 43.0 Å². The van der Waals surface area contributed by atoms with Crippen molar-refractivity contribution in [2.24, 2.45) is 11.7 Å². The van der Waals surface area contributed by atoms with Gasteiger partial charge in [-0.1, -0.05) is 36.8 Å². The molecule has 0 spiro atoms. The molecule has 17 heavy (non-hydrogen) atoms. The van der Waals surface area contributed by atoms with Gasteiger partial charge in [0.25, 0.3) is 0 Å². The van der Waals surface area contributed by atoms with E-state index in [1.807, 2.05) is 0 Å². The Morgan fingerprint density at radius 3 is 3.00 bits per heavy atom. The number of likely N-dealkylation sites (tertiary alicyclic amines) is 1. The predicted molar refractivity (Wildman–Crippen MR) is 72.9 cm³/mol. The van der Waals surface area contributed by atoms with Gasteiger partial charge in [0.05, 0.1) is 0 Å². The zero-order chi connectivity index (χ0) is 12.3. The first-order valence-corrected chi connectivity index (χ1v) is 6.69. The lowest BCUT2D eigenvalue weighted by Gasteiger charge is -2.32. The molecular weight excluding hydrogens is 208 g/mol. The molecule has 0 aromatic heterocycles. The first-order chi connectivity index (χ1) is 8.15. The van der Waals surface area contributed by atoms with E-state index < -0.39 is 0 Å². The summed E-state index contributed by atoms with van der Waals surface area (Å²) in [7, 11) is 0. The molecule has 2 N–H and O–H groups in total. The largest absolute Gasteiger partial charge is 0.323 e. The molecule has 1 aromatic rings. The highest BCUT2D eigenvalue weighted by Crippen LogP contribution is 2.19. The van der Waals surface area contributed by atoms with E-state index in [4.69, 9.17) is 5.73 Å². The van der Waals surface area contributed by atoms with Crippen molar-refractivity contribution >= 4 is 0 Å². The van der Waals surface area contributed by atoms with E-state index in [1.165, 1.54) is 37.1 Å². The van der Waals surface area contributed by atoms with Crippen LogP contribution in [-0.4, -0.2) is 24.5 Å². The summed E-state index contributed by atoms with van der Waals surface area (Å²) >= 11 is 0. The maximum absolute atomic E-state index is 6.30. The second kappa shape index (κ2) is 5.65. The number of benzene rings is 1. The Morgan fingerprint density at radius 1 is 1.47 bits per heavy atom. The van der Waals surface area contributed by atoms with Crippen LogP contribution in [0.15, 0.2) is 24.3 Å². The van der Waals surface area contributed by atoms with Crippen LogP contribution in [-0.2, 0) is 0 Å². The van der Waals surface area contributed by atoms with Crippen LogP contribution in [0.1, 0.15) is 36.9 Å². The fourth-order valence-corrected chi connectivity index (χ4v) is 2.74. The van der Waals surface area contributed by atoms with Gasteiger partial charge in [0.2, 0.25) is 0 Å². The molecule has 0 amide bonds. The van der Waals surface area contributed by atoms with E-state index in [9.17, 15) is 0 Å². The van der Waals surface area contributed by atoms with Gasteiger partial charge < -0.3 is 10.6 Å². The summed E-state index contributed by atoms with van der Waals surface area (Å²) in [6.07, 6.45) is 2.69. The molecule has 1 aromatic carbocycles. The number of hydrogen-bond acceptors (Lipinski definition) is 2. The van der Waals surface area contributed by atoms with Crippen LogP contribution in [0.3, 0.4) is 0 Å². The number of nitrogens with zero attached hydrogens (tertiary/aromatic N) is 1. The normalized spacial score (nSPS) is 23.6. The topological polar surface area (TPSA) is 29.3 Å². The minimum Gasteiger partial charge on any atom is -0.323 e. The highest BCUT2D eigenvalue weighted by atomic mass is 15.1. The third kappa shape index (κ3) is 3.55. The first kappa shape index (κ1) is 12.6. The van der Waals surface area contributed by atoms with E-state index >= 15 is 0 Å². The second-order valence-corrected chi connectivity index (χ2v) is 5.53. The summed E-state index contributed by atoms with van der Waals surface area (Å²) in [5.41, 5.74) is 8.86. The quantitative estimate of drug-likeness (QED) is 0.868. The number of rotatable bonds is 3. The zero-order valence-electron chi connectivity index (χ0n) is 11.0. The summed E-state index contributed by atoms with van der Waals surface area (Å²) in [6.45, 7) is 7.88. The standard InChI is InChI=1S/C15H24N2/c1-12-5-3-7-14(9-12)15(16)11-17-8-4-6-13(2)10-17/h3,5,7,9,13,15H,4,6,8,10-11,16H2,1-2H3. The number of piperidine rings is 1. The van der Waals surface area contributed by atoms with Crippen LogP contribution in [0, 0.1) is 12.8 Å². The maximum Gasteiger partial charge on any atom is 0.0424 e. The molecule has 1 saturated heterocycles. The molecule has 1 aliphatic heterocycles. The lowest BCUT2D eigenvalue weighted by atomic mass is 9.98. The van der Waals surface area contributed by atoms with Crippen LogP contribution in [0.25, 0.3) is 0 Å². The molecule has 0 radical (unpaired) electrons. The average Bonchev–Trinajstić information content (AvgIpc) is 2.29. The summed E-state index contributed by atoms with van der Waals surface area (Å²) < 4.78 is 0. The van der Waals surface area contributed by atoms with Crippen molar-refractivity contribution in [3.05, 3.63) is 35.4 Å². The summed E-state index contributed by atoms with van der Waals surface area (Å²) in [6, 6.07) is 8.73. The lowest BCUT2D eigenvalue weighted by Crippen LogP contribution is -2.39. The Labute approximate surface area is 105 Å². The molecule has 0 aliphatic carbocycles. The SMILES string of the molecule is Cc1cccc(C(N)CN2CCCC(C)C2)c1. The molecule has 1 aliphatic rings. The van der Waals surface area contributed by atoms with Crippen LogP contribution in [0.5, 0.6) is 0 Å². The molecule has 0 bridgehead atoms. The Balaban J connectivity index is 1.94. The van der Waals surface area contributed by atoms with Crippen LogP contribution in [0.4, 0.5) is 0 Å². The van der Waals surface area contributed by atoms with Crippen molar-refractivity contribution in [1.82, 2.24) is 4.90 Å². The molecule has 1 fully saturated rings. The average molecular weight is 232 g/mol. The van der Waals surface area contributed by atoms with Crippen molar-refractivity contribution in [2.75, 3.05) is 19.6 Å². The van der Waals surface area contributed by atoms with Gasteiger partial charge in [-0.3, -0.25) is 0 Å². The minimum atomic E-state index is 0.153. The maximum atomic E-state index is 6.30. The molecule has 0 saturated carbocycles. The molecule has 1 heterocycles. The number of hydrogen-bond donors (Lipinski definition) is 1. The molecular formula is C15H24N2. The Morgan fingerprint density at radius 2 is 2.29 bits per heavy atom. The van der Waals surface area contributed by atoms with Crippen LogP contribution < -0.4 is 5.73 Å².